The first-order valence-electron chi connectivity index (χ1n) is 4.95. The molecule has 0 saturated carbocycles. The second kappa shape index (κ2) is 4.91. The van der Waals surface area contributed by atoms with Crippen molar-refractivity contribution in [1.29, 1.82) is 0 Å². The summed E-state index contributed by atoms with van der Waals surface area (Å²) in [5.41, 5.74) is 0.842. The minimum Gasteiger partial charge on any atom is -0.379 e. The number of amides is 1. The summed E-state index contributed by atoms with van der Waals surface area (Å²) in [6.07, 6.45) is 0.828. The quantitative estimate of drug-likeness (QED) is 0.681. The van der Waals surface area contributed by atoms with Crippen LogP contribution >= 0.6 is 0 Å². The molecule has 0 bridgehead atoms. The van der Waals surface area contributed by atoms with Crippen LogP contribution in [0.5, 0.6) is 0 Å². The van der Waals surface area contributed by atoms with Gasteiger partial charge in [0.1, 0.15) is 0 Å². The molecule has 1 saturated heterocycles. The summed E-state index contributed by atoms with van der Waals surface area (Å²) >= 11 is 0. The Morgan fingerprint density at radius 1 is 1.47 bits per heavy atom. The van der Waals surface area contributed by atoms with Crippen LogP contribution in [0.2, 0.25) is 0 Å². The SMILES string of the molecule is O=CN(c1c[c]ccc1)N1CCOCC1. The van der Waals surface area contributed by atoms with Crippen molar-refractivity contribution in [3.05, 3.63) is 30.3 Å². The van der Waals surface area contributed by atoms with Crippen LogP contribution in [0.4, 0.5) is 5.69 Å². The largest absolute Gasteiger partial charge is 0.379 e. The summed E-state index contributed by atoms with van der Waals surface area (Å²) in [6, 6.07) is 10.3. The molecular weight excluding hydrogens is 192 g/mol. The van der Waals surface area contributed by atoms with Crippen molar-refractivity contribution < 1.29 is 9.53 Å². The van der Waals surface area contributed by atoms with Gasteiger partial charge in [-0.25, -0.2) is 10.0 Å². The van der Waals surface area contributed by atoms with E-state index in [1.807, 2.05) is 23.2 Å². The molecular formula is C11H13N2O2. The fourth-order valence-corrected chi connectivity index (χ4v) is 1.59. The number of ether oxygens (including phenoxy) is 1. The lowest BCUT2D eigenvalue weighted by molar-refractivity contribution is -0.111. The molecule has 1 heterocycles. The van der Waals surface area contributed by atoms with Crippen molar-refractivity contribution in [1.82, 2.24) is 5.01 Å². The number of carbonyl (C=O) groups excluding carboxylic acids is 1. The Balaban J connectivity index is 2.12. The zero-order valence-electron chi connectivity index (χ0n) is 8.43. The van der Waals surface area contributed by atoms with E-state index in [2.05, 4.69) is 6.07 Å². The number of carbonyl (C=O) groups is 1. The molecule has 0 N–H and O–H groups in total. The highest BCUT2D eigenvalue weighted by Crippen LogP contribution is 2.14. The van der Waals surface area contributed by atoms with Gasteiger partial charge in [-0.2, -0.15) is 0 Å². The molecule has 4 heteroatoms. The van der Waals surface area contributed by atoms with Gasteiger partial charge in [-0.1, -0.05) is 12.1 Å². The zero-order chi connectivity index (χ0) is 10.5. The molecule has 1 amide bonds. The number of hydrazine groups is 1. The Bertz CT molecular complexity index is 310. The summed E-state index contributed by atoms with van der Waals surface area (Å²) in [7, 11) is 0. The monoisotopic (exact) mass is 205 g/mol. The first-order chi connectivity index (χ1) is 7.42. The van der Waals surface area contributed by atoms with Crippen LogP contribution < -0.4 is 5.01 Å². The van der Waals surface area contributed by atoms with Crippen molar-refractivity contribution in [2.45, 2.75) is 0 Å². The normalized spacial score (nSPS) is 17.3. The molecule has 4 nitrogen and oxygen atoms in total. The first-order valence-corrected chi connectivity index (χ1v) is 4.95. The molecule has 79 valence electrons. The standard InChI is InChI=1S/C11H13N2O2/c14-10-13(11-4-2-1-3-5-11)12-6-8-15-9-7-12/h1-2,4-5,10H,6-9H2. The van der Waals surface area contributed by atoms with Gasteiger partial charge in [0.05, 0.1) is 18.9 Å². The Labute approximate surface area is 89.0 Å². The van der Waals surface area contributed by atoms with Crippen molar-refractivity contribution in [3.63, 3.8) is 0 Å². The average molecular weight is 205 g/mol. The van der Waals surface area contributed by atoms with Crippen LogP contribution in [-0.4, -0.2) is 37.7 Å². The van der Waals surface area contributed by atoms with Crippen molar-refractivity contribution >= 4 is 12.1 Å². The summed E-state index contributed by atoms with van der Waals surface area (Å²) in [6.45, 7) is 2.82. The third kappa shape index (κ3) is 2.34. The average Bonchev–Trinajstić information content (AvgIpc) is 2.33. The second-order valence-corrected chi connectivity index (χ2v) is 3.28. The molecule has 0 spiro atoms. The van der Waals surface area contributed by atoms with Gasteiger partial charge < -0.3 is 4.74 Å². The van der Waals surface area contributed by atoms with Gasteiger partial charge in [0.25, 0.3) is 0 Å². The Morgan fingerprint density at radius 3 is 2.87 bits per heavy atom. The highest BCUT2D eigenvalue weighted by molar-refractivity contribution is 5.73. The summed E-state index contributed by atoms with van der Waals surface area (Å²) < 4.78 is 5.24. The number of anilines is 1. The van der Waals surface area contributed by atoms with Crippen LogP contribution in [0, 0.1) is 6.07 Å². The third-order valence-corrected chi connectivity index (χ3v) is 2.35. The molecule has 1 aliphatic heterocycles. The highest BCUT2D eigenvalue weighted by atomic mass is 16.5. The molecule has 1 aromatic carbocycles. The van der Waals surface area contributed by atoms with Crippen LogP contribution in [0.25, 0.3) is 0 Å². The lowest BCUT2D eigenvalue weighted by Gasteiger charge is -2.34. The van der Waals surface area contributed by atoms with Crippen LogP contribution in [-0.2, 0) is 9.53 Å². The van der Waals surface area contributed by atoms with E-state index in [9.17, 15) is 4.79 Å². The Morgan fingerprint density at radius 2 is 2.27 bits per heavy atom. The fourth-order valence-electron chi connectivity index (χ4n) is 1.59. The minimum atomic E-state index is 0.668. The topological polar surface area (TPSA) is 32.8 Å². The van der Waals surface area contributed by atoms with E-state index in [4.69, 9.17) is 4.74 Å². The van der Waals surface area contributed by atoms with Gasteiger partial charge in [-0.05, 0) is 18.2 Å². The highest BCUT2D eigenvalue weighted by Gasteiger charge is 2.17. The smallest absolute Gasteiger partial charge is 0.228 e. The van der Waals surface area contributed by atoms with Gasteiger partial charge in [0, 0.05) is 13.1 Å². The van der Waals surface area contributed by atoms with E-state index < -0.39 is 0 Å². The first kappa shape index (κ1) is 10.1. The molecule has 1 aromatic rings. The minimum absolute atomic E-state index is 0.668. The van der Waals surface area contributed by atoms with E-state index in [-0.39, 0.29) is 0 Å². The van der Waals surface area contributed by atoms with Crippen LogP contribution in [0.3, 0.4) is 0 Å². The number of morpholine rings is 1. The molecule has 2 rings (SSSR count). The molecule has 0 aliphatic carbocycles. The summed E-state index contributed by atoms with van der Waals surface area (Å²) in [5, 5.41) is 3.58. The van der Waals surface area contributed by atoms with E-state index in [1.54, 1.807) is 11.1 Å². The number of benzene rings is 1. The maximum absolute atomic E-state index is 11.0. The van der Waals surface area contributed by atoms with E-state index in [0.717, 1.165) is 25.2 Å². The third-order valence-electron chi connectivity index (χ3n) is 2.35. The zero-order valence-corrected chi connectivity index (χ0v) is 8.43. The van der Waals surface area contributed by atoms with E-state index >= 15 is 0 Å². The van der Waals surface area contributed by atoms with E-state index in [0.29, 0.717) is 13.2 Å². The maximum Gasteiger partial charge on any atom is 0.228 e. The lowest BCUT2D eigenvalue weighted by atomic mass is 10.3. The lowest BCUT2D eigenvalue weighted by Crippen LogP contribution is -2.48. The Hall–Kier alpha value is -1.39. The van der Waals surface area contributed by atoms with Gasteiger partial charge in [0.15, 0.2) is 0 Å². The fraction of sp³-hybridized carbons (Fsp3) is 0.364. The number of nitrogens with zero attached hydrogens (tertiary/aromatic N) is 2. The van der Waals surface area contributed by atoms with Gasteiger partial charge in [-0.15, -0.1) is 0 Å². The van der Waals surface area contributed by atoms with E-state index in [1.165, 1.54) is 0 Å². The molecule has 1 radical (unpaired) electrons. The molecule has 0 unspecified atom stereocenters. The predicted octanol–water partition coefficient (Wildman–Crippen LogP) is 0.697. The molecule has 15 heavy (non-hydrogen) atoms. The van der Waals surface area contributed by atoms with Crippen molar-refractivity contribution in [3.8, 4) is 0 Å². The van der Waals surface area contributed by atoms with Gasteiger partial charge >= 0.3 is 0 Å². The van der Waals surface area contributed by atoms with Crippen molar-refractivity contribution in [2.75, 3.05) is 31.3 Å². The van der Waals surface area contributed by atoms with Gasteiger partial charge in [-0.3, -0.25) is 4.79 Å². The summed E-state index contributed by atoms with van der Waals surface area (Å²) in [4.78, 5) is 11.0. The summed E-state index contributed by atoms with van der Waals surface area (Å²) in [5.74, 6) is 0. The molecule has 0 atom stereocenters. The Kier molecular flexibility index (Phi) is 3.32. The predicted molar refractivity (Wildman–Crippen MR) is 56.2 cm³/mol. The maximum atomic E-state index is 11.0. The van der Waals surface area contributed by atoms with Crippen LogP contribution in [0.1, 0.15) is 0 Å². The number of hydrogen-bond acceptors (Lipinski definition) is 3. The van der Waals surface area contributed by atoms with Crippen LogP contribution in [0.15, 0.2) is 24.3 Å². The number of hydrogen-bond donors (Lipinski definition) is 0. The van der Waals surface area contributed by atoms with Crippen molar-refractivity contribution in [2.24, 2.45) is 0 Å². The number of rotatable bonds is 3. The second-order valence-electron chi connectivity index (χ2n) is 3.28. The molecule has 1 fully saturated rings. The van der Waals surface area contributed by atoms with Gasteiger partial charge in [0.2, 0.25) is 6.41 Å². The molecule has 0 aromatic heterocycles. The molecule has 1 aliphatic rings.